The Morgan fingerprint density at radius 3 is 3.06 bits per heavy atom. The van der Waals surface area contributed by atoms with Crippen LogP contribution in [0, 0.1) is 16.0 Å². The summed E-state index contributed by atoms with van der Waals surface area (Å²) >= 11 is 3.22. The molecule has 0 saturated carbocycles. The first-order valence-corrected chi connectivity index (χ1v) is 6.73. The average Bonchev–Trinajstić information content (AvgIpc) is 2.38. The first-order valence-electron chi connectivity index (χ1n) is 5.94. The van der Waals surface area contributed by atoms with E-state index in [0.717, 1.165) is 25.9 Å². The van der Waals surface area contributed by atoms with Gasteiger partial charge in [0.25, 0.3) is 0 Å². The normalized spacial score (nSPS) is 19.5. The summed E-state index contributed by atoms with van der Waals surface area (Å²) in [4.78, 5) is 10.5. The van der Waals surface area contributed by atoms with Crippen LogP contribution in [0.1, 0.15) is 12.8 Å². The molecule has 0 amide bonds. The smallest absolute Gasteiger partial charge is 0.312 e. The molecule has 2 rings (SSSR count). The second-order valence-electron chi connectivity index (χ2n) is 4.39. The third kappa shape index (κ3) is 3.43. The van der Waals surface area contributed by atoms with Crippen molar-refractivity contribution in [3.8, 4) is 5.75 Å². The minimum Gasteiger partial charge on any atom is -0.486 e. The van der Waals surface area contributed by atoms with Crippen LogP contribution in [0.2, 0.25) is 0 Å². The molecular weight excluding hydrogens is 300 g/mol. The van der Waals surface area contributed by atoms with E-state index in [-0.39, 0.29) is 5.69 Å². The summed E-state index contributed by atoms with van der Waals surface area (Å²) in [5.41, 5.74) is 0.00754. The molecule has 98 valence electrons. The number of nitrogens with zero attached hydrogens (tertiary/aromatic N) is 1. The van der Waals surface area contributed by atoms with Crippen LogP contribution in [-0.4, -0.2) is 24.6 Å². The van der Waals surface area contributed by atoms with Crippen LogP contribution in [0.4, 0.5) is 5.69 Å². The second-order valence-corrected chi connectivity index (χ2v) is 5.31. The maximum Gasteiger partial charge on any atom is 0.312 e. The van der Waals surface area contributed by atoms with Gasteiger partial charge in [0, 0.05) is 23.0 Å². The van der Waals surface area contributed by atoms with Crippen LogP contribution in [0.15, 0.2) is 22.7 Å². The van der Waals surface area contributed by atoms with E-state index in [1.807, 2.05) is 0 Å². The van der Waals surface area contributed by atoms with Crippen LogP contribution in [0.25, 0.3) is 0 Å². The Morgan fingerprint density at radius 1 is 1.56 bits per heavy atom. The monoisotopic (exact) mass is 314 g/mol. The highest BCUT2D eigenvalue weighted by Gasteiger charge is 2.18. The minimum absolute atomic E-state index is 0.00754. The molecule has 1 aliphatic rings. The van der Waals surface area contributed by atoms with Gasteiger partial charge in [-0.05, 0) is 31.5 Å². The Kier molecular flexibility index (Phi) is 4.54. The van der Waals surface area contributed by atoms with E-state index in [4.69, 9.17) is 4.74 Å². The molecule has 1 unspecified atom stereocenters. The molecule has 0 aromatic heterocycles. The van der Waals surface area contributed by atoms with Crippen molar-refractivity contribution in [2.75, 3.05) is 19.7 Å². The highest BCUT2D eigenvalue weighted by atomic mass is 79.9. The quantitative estimate of drug-likeness (QED) is 0.685. The number of nitro groups is 1. The highest BCUT2D eigenvalue weighted by molar-refractivity contribution is 9.10. The summed E-state index contributed by atoms with van der Waals surface area (Å²) in [6.07, 6.45) is 2.24. The Morgan fingerprint density at radius 2 is 2.39 bits per heavy atom. The number of ether oxygens (including phenoxy) is 1. The van der Waals surface area contributed by atoms with Gasteiger partial charge in [0.2, 0.25) is 0 Å². The lowest BCUT2D eigenvalue weighted by Gasteiger charge is -2.22. The predicted octanol–water partition coefficient (Wildman–Crippen LogP) is 2.74. The van der Waals surface area contributed by atoms with Gasteiger partial charge in [0.15, 0.2) is 5.75 Å². The zero-order valence-electron chi connectivity index (χ0n) is 9.89. The van der Waals surface area contributed by atoms with Gasteiger partial charge in [0.1, 0.15) is 0 Å². The third-order valence-electron chi connectivity index (χ3n) is 2.99. The first-order chi connectivity index (χ1) is 8.66. The van der Waals surface area contributed by atoms with E-state index in [1.165, 1.54) is 6.07 Å². The number of nitro benzene ring substituents is 1. The lowest BCUT2D eigenvalue weighted by atomic mass is 10.0. The van der Waals surface area contributed by atoms with E-state index in [9.17, 15) is 10.1 Å². The van der Waals surface area contributed by atoms with Crippen LogP contribution in [-0.2, 0) is 0 Å². The number of hydrogen-bond acceptors (Lipinski definition) is 4. The Labute approximate surface area is 114 Å². The Bertz CT molecular complexity index is 433. The molecule has 0 bridgehead atoms. The van der Waals surface area contributed by atoms with Crippen molar-refractivity contribution in [2.45, 2.75) is 12.8 Å². The fourth-order valence-corrected chi connectivity index (χ4v) is 2.38. The van der Waals surface area contributed by atoms with Gasteiger partial charge in [-0.25, -0.2) is 0 Å². The van der Waals surface area contributed by atoms with Crippen molar-refractivity contribution in [1.82, 2.24) is 5.32 Å². The van der Waals surface area contributed by atoms with Crippen LogP contribution < -0.4 is 10.1 Å². The van der Waals surface area contributed by atoms with Gasteiger partial charge >= 0.3 is 5.69 Å². The van der Waals surface area contributed by atoms with Crippen molar-refractivity contribution < 1.29 is 9.66 Å². The van der Waals surface area contributed by atoms with E-state index in [0.29, 0.717) is 22.7 Å². The van der Waals surface area contributed by atoms with Crippen LogP contribution in [0.3, 0.4) is 0 Å². The molecule has 18 heavy (non-hydrogen) atoms. The van der Waals surface area contributed by atoms with Gasteiger partial charge in [-0.3, -0.25) is 10.1 Å². The van der Waals surface area contributed by atoms with E-state index in [1.54, 1.807) is 12.1 Å². The zero-order chi connectivity index (χ0) is 13.0. The molecule has 6 heteroatoms. The highest BCUT2D eigenvalue weighted by Crippen LogP contribution is 2.30. The number of hydrogen-bond donors (Lipinski definition) is 1. The largest absolute Gasteiger partial charge is 0.486 e. The zero-order valence-corrected chi connectivity index (χ0v) is 11.5. The molecule has 1 saturated heterocycles. The molecule has 1 aliphatic heterocycles. The molecule has 1 atom stereocenters. The minimum atomic E-state index is -0.417. The average molecular weight is 315 g/mol. The molecule has 5 nitrogen and oxygen atoms in total. The molecule has 0 aliphatic carbocycles. The van der Waals surface area contributed by atoms with Crippen molar-refractivity contribution >= 4 is 21.6 Å². The number of nitrogens with one attached hydrogen (secondary N) is 1. The summed E-state index contributed by atoms with van der Waals surface area (Å²) in [5, 5.41) is 14.2. The van der Waals surface area contributed by atoms with E-state index < -0.39 is 4.92 Å². The van der Waals surface area contributed by atoms with Gasteiger partial charge in [-0.2, -0.15) is 0 Å². The SMILES string of the molecule is O=[N+]([O-])c1cc(Br)ccc1OCC1CCCNC1. The lowest BCUT2D eigenvalue weighted by molar-refractivity contribution is -0.386. The molecule has 1 fully saturated rings. The van der Waals surface area contributed by atoms with Gasteiger partial charge in [0.05, 0.1) is 11.5 Å². The molecule has 1 aromatic carbocycles. The summed E-state index contributed by atoms with van der Waals surface area (Å²) in [6.45, 7) is 2.49. The molecule has 1 N–H and O–H groups in total. The second kappa shape index (κ2) is 6.15. The van der Waals surface area contributed by atoms with Gasteiger partial charge in [-0.15, -0.1) is 0 Å². The number of benzene rings is 1. The Hall–Kier alpha value is -1.14. The molecule has 0 radical (unpaired) electrons. The van der Waals surface area contributed by atoms with Crippen molar-refractivity contribution in [3.63, 3.8) is 0 Å². The summed E-state index contributed by atoms with van der Waals surface area (Å²) in [5.74, 6) is 0.774. The molecule has 1 heterocycles. The van der Waals surface area contributed by atoms with Crippen LogP contribution >= 0.6 is 15.9 Å². The maximum atomic E-state index is 10.9. The molecular formula is C12H15BrN2O3. The van der Waals surface area contributed by atoms with E-state index >= 15 is 0 Å². The lowest BCUT2D eigenvalue weighted by Crippen LogP contribution is -2.33. The maximum absolute atomic E-state index is 10.9. The number of halogens is 1. The first kappa shape index (κ1) is 13.3. The van der Waals surface area contributed by atoms with Crippen molar-refractivity contribution in [2.24, 2.45) is 5.92 Å². The fraction of sp³-hybridized carbons (Fsp3) is 0.500. The molecule has 1 aromatic rings. The molecule has 0 spiro atoms. The standard InChI is InChI=1S/C12H15BrN2O3/c13-10-3-4-12(11(6-10)15(16)17)18-8-9-2-1-5-14-7-9/h3-4,6,9,14H,1-2,5,7-8H2. The predicted molar refractivity (Wildman–Crippen MR) is 71.9 cm³/mol. The van der Waals surface area contributed by atoms with E-state index in [2.05, 4.69) is 21.2 Å². The van der Waals surface area contributed by atoms with Crippen molar-refractivity contribution in [3.05, 3.63) is 32.8 Å². The van der Waals surface area contributed by atoms with Gasteiger partial charge < -0.3 is 10.1 Å². The topological polar surface area (TPSA) is 64.4 Å². The van der Waals surface area contributed by atoms with Gasteiger partial charge in [-0.1, -0.05) is 15.9 Å². The summed E-state index contributed by atoms with van der Waals surface area (Å²) in [6, 6.07) is 4.86. The summed E-state index contributed by atoms with van der Waals surface area (Å²) < 4.78 is 6.27. The Balaban J connectivity index is 2.01. The van der Waals surface area contributed by atoms with Crippen LogP contribution in [0.5, 0.6) is 5.75 Å². The number of piperidine rings is 1. The number of rotatable bonds is 4. The fourth-order valence-electron chi connectivity index (χ4n) is 2.03. The summed E-state index contributed by atoms with van der Waals surface area (Å²) in [7, 11) is 0. The third-order valence-corrected chi connectivity index (χ3v) is 3.48. The van der Waals surface area contributed by atoms with Crippen molar-refractivity contribution in [1.29, 1.82) is 0 Å².